The highest BCUT2D eigenvalue weighted by molar-refractivity contribution is 9.09. The largest absolute Gasteiger partial charge is 0.207 e. The van der Waals surface area contributed by atoms with Crippen LogP contribution in [0.3, 0.4) is 0 Å². The zero-order chi connectivity index (χ0) is 14.9. The average Bonchev–Trinajstić information content (AvgIpc) is 2.32. The fourth-order valence-electron chi connectivity index (χ4n) is 2.17. The van der Waals surface area contributed by atoms with E-state index in [0.717, 1.165) is 16.7 Å². The molecule has 0 N–H and O–H groups in total. The van der Waals surface area contributed by atoms with Crippen LogP contribution >= 0.6 is 15.9 Å². The lowest BCUT2D eigenvalue weighted by Gasteiger charge is -2.14. The zero-order valence-electron chi connectivity index (χ0n) is 11.2. The minimum Gasteiger partial charge on any atom is -0.207 e. The van der Waals surface area contributed by atoms with E-state index in [1.165, 1.54) is 0 Å². The Morgan fingerprint density at radius 1 is 1.00 bits per heavy atom. The van der Waals surface area contributed by atoms with Crippen LogP contribution in [0.25, 0.3) is 0 Å². The Morgan fingerprint density at radius 3 is 2.20 bits per heavy atom. The molecule has 1 unspecified atom stereocenters. The second-order valence-electron chi connectivity index (χ2n) is 4.88. The highest BCUT2D eigenvalue weighted by atomic mass is 79.9. The second-order valence-corrected chi connectivity index (χ2v) is 5.99. The van der Waals surface area contributed by atoms with E-state index in [1.807, 2.05) is 32.0 Å². The Hall–Kier alpha value is -1.29. The Bertz CT molecular complexity index is 615. The summed E-state index contributed by atoms with van der Waals surface area (Å²) in [6.45, 7) is 3.91. The van der Waals surface area contributed by atoms with Crippen molar-refractivity contribution in [2.24, 2.45) is 0 Å². The van der Waals surface area contributed by atoms with Crippen molar-refractivity contribution in [1.82, 2.24) is 0 Å². The number of aryl methyl sites for hydroxylation is 2. The molecule has 0 fully saturated rings. The van der Waals surface area contributed by atoms with E-state index in [4.69, 9.17) is 0 Å². The Kier molecular flexibility index (Phi) is 4.53. The van der Waals surface area contributed by atoms with Crippen molar-refractivity contribution in [2.45, 2.75) is 25.1 Å². The molecule has 1 atom stereocenters. The van der Waals surface area contributed by atoms with Crippen LogP contribution in [0.5, 0.6) is 0 Å². The van der Waals surface area contributed by atoms with Crippen LogP contribution in [0.1, 0.15) is 27.1 Å². The summed E-state index contributed by atoms with van der Waals surface area (Å²) in [4.78, 5) is -0.538. The lowest BCUT2D eigenvalue weighted by molar-refractivity contribution is 0.522. The zero-order valence-corrected chi connectivity index (χ0v) is 12.8. The molecule has 2 aromatic rings. The third-order valence-electron chi connectivity index (χ3n) is 3.26. The van der Waals surface area contributed by atoms with Gasteiger partial charge in [0.1, 0.15) is 17.5 Å². The molecule has 20 heavy (non-hydrogen) atoms. The number of alkyl halides is 1. The van der Waals surface area contributed by atoms with Gasteiger partial charge in [-0.3, -0.25) is 0 Å². The molecule has 0 radical (unpaired) electrons. The second kappa shape index (κ2) is 6.00. The van der Waals surface area contributed by atoms with Crippen molar-refractivity contribution >= 4 is 15.9 Å². The van der Waals surface area contributed by atoms with Gasteiger partial charge in [0.05, 0.1) is 0 Å². The van der Waals surface area contributed by atoms with Crippen LogP contribution in [0, 0.1) is 31.3 Å². The van der Waals surface area contributed by atoms with E-state index >= 15 is 0 Å². The molecule has 0 aliphatic carbocycles. The molecular formula is C16H14BrF3. The lowest BCUT2D eigenvalue weighted by atomic mass is 9.98. The van der Waals surface area contributed by atoms with Crippen LogP contribution in [0.15, 0.2) is 30.3 Å². The van der Waals surface area contributed by atoms with Crippen LogP contribution < -0.4 is 0 Å². The van der Waals surface area contributed by atoms with E-state index in [-0.39, 0.29) is 5.56 Å². The minimum absolute atomic E-state index is 0.132. The van der Waals surface area contributed by atoms with Gasteiger partial charge in [0.25, 0.3) is 0 Å². The van der Waals surface area contributed by atoms with E-state index in [1.54, 1.807) is 0 Å². The summed E-state index contributed by atoms with van der Waals surface area (Å²) in [5.74, 6) is -2.64. The number of rotatable bonds is 3. The van der Waals surface area contributed by atoms with Crippen molar-refractivity contribution in [1.29, 1.82) is 0 Å². The Labute approximate surface area is 124 Å². The minimum atomic E-state index is -0.907. The average molecular weight is 343 g/mol. The van der Waals surface area contributed by atoms with E-state index in [2.05, 4.69) is 15.9 Å². The summed E-state index contributed by atoms with van der Waals surface area (Å²) in [7, 11) is 0. The van der Waals surface area contributed by atoms with Gasteiger partial charge >= 0.3 is 0 Å². The highest BCUT2D eigenvalue weighted by Gasteiger charge is 2.20. The van der Waals surface area contributed by atoms with Crippen molar-refractivity contribution < 1.29 is 13.2 Å². The van der Waals surface area contributed by atoms with Crippen LogP contribution in [0.2, 0.25) is 0 Å². The summed E-state index contributed by atoms with van der Waals surface area (Å²) in [6, 6.07) is 7.36. The van der Waals surface area contributed by atoms with Gasteiger partial charge in [0, 0.05) is 22.5 Å². The maximum Gasteiger partial charge on any atom is 0.133 e. The fraction of sp³-hybridized carbons (Fsp3) is 0.250. The van der Waals surface area contributed by atoms with Gasteiger partial charge < -0.3 is 0 Å². The van der Waals surface area contributed by atoms with Gasteiger partial charge in [-0.1, -0.05) is 39.7 Å². The van der Waals surface area contributed by atoms with Gasteiger partial charge in [0.15, 0.2) is 0 Å². The molecule has 0 aromatic heterocycles. The van der Waals surface area contributed by atoms with Gasteiger partial charge in [-0.05, 0) is 31.4 Å². The molecule has 0 heterocycles. The quantitative estimate of drug-likeness (QED) is 0.655. The normalized spacial score (nSPS) is 12.5. The lowest BCUT2D eigenvalue weighted by Crippen LogP contribution is -2.04. The van der Waals surface area contributed by atoms with Crippen LogP contribution in [0.4, 0.5) is 13.2 Å². The summed E-state index contributed by atoms with van der Waals surface area (Å²) in [5.41, 5.74) is 3.02. The molecule has 0 spiro atoms. The van der Waals surface area contributed by atoms with Crippen LogP contribution in [-0.2, 0) is 6.42 Å². The fourth-order valence-corrected chi connectivity index (χ4v) is 2.95. The molecule has 0 bridgehead atoms. The molecule has 0 aliphatic rings. The summed E-state index contributed by atoms with van der Waals surface area (Å²) in [5, 5.41) is 0. The Balaban J connectivity index is 2.33. The summed E-state index contributed by atoms with van der Waals surface area (Å²) >= 11 is 3.31. The maximum atomic E-state index is 13.7. The third kappa shape index (κ3) is 3.23. The SMILES string of the molecule is Cc1ccc(C)c(CC(Br)c2c(F)cc(F)cc2F)c1. The summed E-state index contributed by atoms with van der Waals surface area (Å²) in [6.07, 6.45) is 0.437. The third-order valence-corrected chi connectivity index (χ3v) is 4.04. The topological polar surface area (TPSA) is 0 Å². The first-order valence-electron chi connectivity index (χ1n) is 6.23. The number of benzene rings is 2. The smallest absolute Gasteiger partial charge is 0.133 e. The van der Waals surface area contributed by atoms with E-state index in [0.29, 0.717) is 18.6 Å². The first-order valence-corrected chi connectivity index (χ1v) is 7.14. The molecule has 106 valence electrons. The predicted molar refractivity (Wildman–Crippen MR) is 77.6 cm³/mol. The van der Waals surface area contributed by atoms with E-state index < -0.39 is 22.3 Å². The number of hydrogen-bond donors (Lipinski definition) is 0. The molecule has 2 rings (SSSR count). The molecule has 0 aliphatic heterocycles. The Morgan fingerprint density at radius 2 is 1.60 bits per heavy atom. The van der Waals surface area contributed by atoms with Crippen molar-refractivity contribution in [3.05, 3.63) is 70.0 Å². The van der Waals surface area contributed by atoms with Gasteiger partial charge in [0.2, 0.25) is 0 Å². The van der Waals surface area contributed by atoms with Crippen molar-refractivity contribution in [2.75, 3.05) is 0 Å². The standard InChI is InChI=1S/C16H14BrF3/c1-9-3-4-10(2)11(5-9)6-13(17)16-14(19)7-12(18)8-15(16)20/h3-5,7-8,13H,6H2,1-2H3. The molecule has 2 aromatic carbocycles. The monoisotopic (exact) mass is 342 g/mol. The van der Waals surface area contributed by atoms with Crippen molar-refractivity contribution in [3.63, 3.8) is 0 Å². The van der Waals surface area contributed by atoms with E-state index in [9.17, 15) is 13.2 Å². The van der Waals surface area contributed by atoms with Gasteiger partial charge in [-0.25, -0.2) is 13.2 Å². The molecular weight excluding hydrogens is 329 g/mol. The molecule has 0 amide bonds. The van der Waals surface area contributed by atoms with Gasteiger partial charge in [-0.15, -0.1) is 0 Å². The molecule has 4 heteroatoms. The molecule has 0 nitrogen and oxygen atoms in total. The predicted octanol–water partition coefficient (Wildman–Crippen LogP) is 5.40. The first kappa shape index (κ1) is 15.1. The highest BCUT2D eigenvalue weighted by Crippen LogP contribution is 2.32. The number of halogens is 4. The van der Waals surface area contributed by atoms with Crippen LogP contribution in [-0.4, -0.2) is 0 Å². The van der Waals surface area contributed by atoms with Gasteiger partial charge in [-0.2, -0.15) is 0 Å². The maximum absolute atomic E-state index is 13.7. The number of hydrogen-bond acceptors (Lipinski definition) is 0. The first-order chi connectivity index (χ1) is 9.38. The van der Waals surface area contributed by atoms with Crippen molar-refractivity contribution in [3.8, 4) is 0 Å². The molecule has 0 saturated heterocycles. The summed E-state index contributed by atoms with van der Waals surface area (Å²) < 4.78 is 40.4. The molecule has 0 saturated carbocycles.